The number of rotatable bonds is 5. The SMILES string of the molecule is Cc1cnc(NC(C)Cc2nccn2C)nc1-c1cccnc1. The van der Waals surface area contributed by atoms with Gasteiger partial charge in [-0.1, -0.05) is 0 Å². The first kappa shape index (κ1) is 15.1. The molecule has 1 atom stereocenters. The summed E-state index contributed by atoms with van der Waals surface area (Å²) in [4.78, 5) is 17.5. The van der Waals surface area contributed by atoms with Crippen LogP contribution in [0.15, 0.2) is 43.1 Å². The number of imidazole rings is 1. The summed E-state index contributed by atoms with van der Waals surface area (Å²) in [6.07, 6.45) is 9.98. The minimum Gasteiger partial charge on any atom is -0.351 e. The second-order valence-electron chi connectivity index (χ2n) is 5.67. The quantitative estimate of drug-likeness (QED) is 0.784. The van der Waals surface area contributed by atoms with Crippen molar-refractivity contribution < 1.29 is 0 Å². The summed E-state index contributed by atoms with van der Waals surface area (Å²) in [6.45, 7) is 4.10. The Morgan fingerprint density at radius 2 is 2.09 bits per heavy atom. The Hall–Kier alpha value is -2.76. The van der Waals surface area contributed by atoms with Gasteiger partial charge in [-0.2, -0.15) is 0 Å². The molecule has 0 fully saturated rings. The van der Waals surface area contributed by atoms with Crippen molar-refractivity contribution in [2.75, 3.05) is 5.32 Å². The van der Waals surface area contributed by atoms with Gasteiger partial charge in [0, 0.05) is 56.1 Å². The molecule has 6 heteroatoms. The van der Waals surface area contributed by atoms with E-state index in [4.69, 9.17) is 0 Å². The van der Waals surface area contributed by atoms with Crippen molar-refractivity contribution in [1.82, 2.24) is 24.5 Å². The molecule has 0 aromatic carbocycles. The van der Waals surface area contributed by atoms with Crippen molar-refractivity contribution >= 4 is 5.95 Å². The van der Waals surface area contributed by atoms with Crippen LogP contribution in [0.4, 0.5) is 5.95 Å². The first-order chi connectivity index (χ1) is 11.1. The minimum atomic E-state index is 0.181. The van der Waals surface area contributed by atoms with Gasteiger partial charge in [-0.3, -0.25) is 4.98 Å². The summed E-state index contributed by atoms with van der Waals surface area (Å²) in [7, 11) is 2.00. The predicted molar refractivity (Wildman–Crippen MR) is 90.0 cm³/mol. The summed E-state index contributed by atoms with van der Waals surface area (Å²) >= 11 is 0. The molecule has 0 aliphatic carbocycles. The first-order valence-corrected chi connectivity index (χ1v) is 7.60. The lowest BCUT2D eigenvalue weighted by Crippen LogP contribution is -2.21. The molecule has 0 bridgehead atoms. The van der Waals surface area contributed by atoms with E-state index >= 15 is 0 Å². The molecule has 23 heavy (non-hydrogen) atoms. The first-order valence-electron chi connectivity index (χ1n) is 7.60. The van der Waals surface area contributed by atoms with Crippen LogP contribution in [0.2, 0.25) is 0 Å². The fourth-order valence-corrected chi connectivity index (χ4v) is 2.45. The second-order valence-corrected chi connectivity index (χ2v) is 5.67. The third-order valence-electron chi connectivity index (χ3n) is 3.69. The summed E-state index contributed by atoms with van der Waals surface area (Å²) in [5.41, 5.74) is 2.92. The smallest absolute Gasteiger partial charge is 0.223 e. The maximum absolute atomic E-state index is 4.64. The molecule has 0 spiro atoms. The average molecular weight is 308 g/mol. The van der Waals surface area contributed by atoms with Gasteiger partial charge in [0.15, 0.2) is 0 Å². The lowest BCUT2D eigenvalue weighted by atomic mass is 10.1. The van der Waals surface area contributed by atoms with Crippen LogP contribution in [0.3, 0.4) is 0 Å². The second kappa shape index (κ2) is 6.56. The van der Waals surface area contributed by atoms with Gasteiger partial charge in [-0.15, -0.1) is 0 Å². The van der Waals surface area contributed by atoms with Crippen molar-refractivity contribution in [3.63, 3.8) is 0 Å². The predicted octanol–water partition coefficient (Wildman–Crippen LogP) is 2.62. The van der Waals surface area contributed by atoms with Crippen LogP contribution in [0.25, 0.3) is 11.3 Å². The topological polar surface area (TPSA) is 68.5 Å². The van der Waals surface area contributed by atoms with E-state index in [9.17, 15) is 0 Å². The molecule has 0 radical (unpaired) electrons. The summed E-state index contributed by atoms with van der Waals surface area (Å²) in [6, 6.07) is 4.09. The lowest BCUT2D eigenvalue weighted by molar-refractivity contribution is 0.698. The Morgan fingerprint density at radius 3 is 2.78 bits per heavy atom. The van der Waals surface area contributed by atoms with Crippen LogP contribution >= 0.6 is 0 Å². The molecule has 3 rings (SSSR count). The van der Waals surface area contributed by atoms with Crippen LogP contribution in [-0.2, 0) is 13.5 Å². The Labute approximate surface area is 135 Å². The molecule has 0 aliphatic heterocycles. The summed E-state index contributed by atoms with van der Waals surface area (Å²) in [5, 5.41) is 3.35. The zero-order valence-electron chi connectivity index (χ0n) is 13.6. The fraction of sp³-hybridized carbons (Fsp3) is 0.294. The Morgan fingerprint density at radius 1 is 1.22 bits per heavy atom. The largest absolute Gasteiger partial charge is 0.351 e. The van der Waals surface area contributed by atoms with Crippen LogP contribution in [0.5, 0.6) is 0 Å². The van der Waals surface area contributed by atoms with E-state index in [0.29, 0.717) is 5.95 Å². The number of pyridine rings is 1. The molecule has 1 unspecified atom stereocenters. The van der Waals surface area contributed by atoms with E-state index in [2.05, 4.69) is 32.2 Å². The molecule has 3 heterocycles. The molecule has 6 nitrogen and oxygen atoms in total. The van der Waals surface area contributed by atoms with Gasteiger partial charge < -0.3 is 9.88 Å². The Kier molecular flexibility index (Phi) is 4.32. The van der Waals surface area contributed by atoms with E-state index < -0.39 is 0 Å². The van der Waals surface area contributed by atoms with Gasteiger partial charge in [-0.05, 0) is 31.5 Å². The van der Waals surface area contributed by atoms with Crippen LogP contribution in [-0.4, -0.2) is 30.5 Å². The zero-order valence-corrected chi connectivity index (χ0v) is 13.6. The number of anilines is 1. The molecule has 3 aromatic rings. The Balaban J connectivity index is 1.77. The van der Waals surface area contributed by atoms with Crippen molar-refractivity contribution in [1.29, 1.82) is 0 Å². The number of nitrogens with one attached hydrogen (secondary N) is 1. The highest BCUT2D eigenvalue weighted by Crippen LogP contribution is 2.20. The molecule has 0 saturated carbocycles. The normalized spacial score (nSPS) is 12.1. The maximum Gasteiger partial charge on any atom is 0.223 e. The van der Waals surface area contributed by atoms with Crippen LogP contribution in [0, 0.1) is 6.92 Å². The van der Waals surface area contributed by atoms with Gasteiger partial charge in [-0.25, -0.2) is 15.0 Å². The molecular weight excluding hydrogens is 288 g/mol. The zero-order chi connectivity index (χ0) is 16.2. The van der Waals surface area contributed by atoms with E-state index in [-0.39, 0.29) is 6.04 Å². The van der Waals surface area contributed by atoms with Gasteiger partial charge in [0.05, 0.1) is 5.69 Å². The van der Waals surface area contributed by atoms with E-state index in [1.54, 1.807) is 6.20 Å². The van der Waals surface area contributed by atoms with Crippen molar-refractivity contribution in [3.8, 4) is 11.3 Å². The number of nitrogens with zero attached hydrogens (tertiary/aromatic N) is 5. The molecule has 118 valence electrons. The maximum atomic E-state index is 4.64. The number of aromatic nitrogens is 5. The van der Waals surface area contributed by atoms with E-state index in [1.165, 1.54) is 0 Å². The van der Waals surface area contributed by atoms with Gasteiger partial charge in [0.2, 0.25) is 5.95 Å². The summed E-state index contributed by atoms with van der Waals surface area (Å²) in [5.74, 6) is 1.65. The van der Waals surface area contributed by atoms with Gasteiger partial charge in [0.1, 0.15) is 5.82 Å². The molecule has 0 amide bonds. The number of hydrogen-bond donors (Lipinski definition) is 1. The molecule has 0 saturated heterocycles. The monoisotopic (exact) mass is 308 g/mol. The lowest BCUT2D eigenvalue weighted by Gasteiger charge is -2.15. The number of aryl methyl sites for hydroxylation is 2. The fourth-order valence-electron chi connectivity index (χ4n) is 2.45. The van der Waals surface area contributed by atoms with Crippen LogP contribution in [0.1, 0.15) is 18.3 Å². The molecule has 1 N–H and O–H groups in total. The number of hydrogen-bond acceptors (Lipinski definition) is 5. The van der Waals surface area contributed by atoms with E-state index in [0.717, 1.165) is 29.1 Å². The standard InChI is InChI=1S/C17H20N6/c1-12-10-20-17(22-16(12)14-5-4-6-18-11-14)21-13(2)9-15-19-7-8-23(15)3/h4-8,10-11,13H,9H2,1-3H3,(H,20,21,22). The Bertz CT molecular complexity index is 781. The minimum absolute atomic E-state index is 0.181. The van der Waals surface area contributed by atoms with Gasteiger partial charge in [0.25, 0.3) is 0 Å². The highest BCUT2D eigenvalue weighted by molar-refractivity contribution is 5.62. The van der Waals surface area contributed by atoms with Crippen LogP contribution < -0.4 is 5.32 Å². The third kappa shape index (κ3) is 3.53. The highest BCUT2D eigenvalue weighted by Gasteiger charge is 2.11. The third-order valence-corrected chi connectivity index (χ3v) is 3.69. The van der Waals surface area contributed by atoms with Gasteiger partial charge >= 0.3 is 0 Å². The van der Waals surface area contributed by atoms with Crippen molar-refractivity contribution in [2.24, 2.45) is 7.05 Å². The van der Waals surface area contributed by atoms with E-state index in [1.807, 2.05) is 55.5 Å². The molecule has 0 aliphatic rings. The molecule has 3 aromatic heterocycles. The summed E-state index contributed by atoms with van der Waals surface area (Å²) < 4.78 is 2.02. The van der Waals surface area contributed by atoms with Crippen molar-refractivity contribution in [3.05, 3.63) is 54.5 Å². The molecular formula is C17H20N6. The van der Waals surface area contributed by atoms with Crippen molar-refractivity contribution in [2.45, 2.75) is 26.3 Å². The highest BCUT2D eigenvalue weighted by atomic mass is 15.1. The average Bonchev–Trinajstić information content (AvgIpc) is 2.95.